The van der Waals surface area contributed by atoms with Gasteiger partial charge in [-0.3, -0.25) is 10.1 Å². The molecular weight excluding hydrogens is 355 g/mol. The summed E-state index contributed by atoms with van der Waals surface area (Å²) in [4.78, 5) is 23.8. The maximum Gasteiger partial charge on any atom is 0.261 e. The second kappa shape index (κ2) is 5.81. The van der Waals surface area contributed by atoms with Crippen LogP contribution in [0.4, 0.5) is 5.95 Å². The average Bonchev–Trinajstić information content (AvgIpc) is 2.30. The molecule has 19 heavy (non-hydrogen) atoms. The van der Waals surface area contributed by atoms with Gasteiger partial charge in [0, 0.05) is 16.4 Å². The molecule has 1 amide bonds. The van der Waals surface area contributed by atoms with Crippen molar-refractivity contribution >= 4 is 51.0 Å². The molecule has 8 heteroatoms. The van der Waals surface area contributed by atoms with E-state index in [1.165, 1.54) is 6.20 Å². The minimum Gasteiger partial charge on any atom is -0.290 e. The largest absolute Gasteiger partial charge is 0.290 e. The molecule has 0 atom stereocenters. The summed E-state index contributed by atoms with van der Waals surface area (Å²) in [6.07, 6.45) is 1.50. The Morgan fingerprint density at radius 1 is 1.32 bits per heavy atom. The first-order valence-corrected chi connectivity index (χ1v) is 6.64. The van der Waals surface area contributed by atoms with Crippen LogP contribution in [-0.2, 0) is 0 Å². The average molecular weight is 362 g/mol. The lowest BCUT2D eigenvalue weighted by Gasteiger charge is -2.06. The molecule has 0 aliphatic carbocycles. The van der Waals surface area contributed by atoms with Crippen LogP contribution in [0.15, 0.2) is 22.8 Å². The van der Waals surface area contributed by atoms with Crippen molar-refractivity contribution in [2.24, 2.45) is 0 Å². The van der Waals surface area contributed by atoms with Crippen LogP contribution < -0.4 is 5.32 Å². The molecule has 0 fully saturated rings. The standard InChI is InChI=1S/C11H7BrCl2N4O/c1-5-2-8(13)17-11(16-5)18-10(19)7-3-6(12)4-15-9(7)14/h2-4H,1H3,(H,16,17,18,19). The summed E-state index contributed by atoms with van der Waals surface area (Å²) in [5, 5.41) is 2.86. The van der Waals surface area contributed by atoms with Crippen LogP contribution in [0.1, 0.15) is 16.1 Å². The zero-order valence-electron chi connectivity index (χ0n) is 9.62. The van der Waals surface area contributed by atoms with Crippen molar-refractivity contribution < 1.29 is 4.79 Å². The van der Waals surface area contributed by atoms with Crippen LogP contribution >= 0.6 is 39.1 Å². The summed E-state index contributed by atoms with van der Waals surface area (Å²) in [6.45, 7) is 1.75. The first-order valence-electron chi connectivity index (χ1n) is 5.09. The van der Waals surface area contributed by atoms with E-state index in [-0.39, 0.29) is 21.8 Å². The Morgan fingerprint density at radius 2 is 2.05 bits per heavy atom. The highest BCUT2D eigenvalue weighted by Gasteiger charge is 2.14. The van der Waals surface area contributed by atoms with E-state index in [0.717, 1.165) is 0 Å². The molecule has 0 aliphatic rings. The third-order valence-corrected chi connectivity index (χ3v) is 3.03. The Labute approximate surface area is 127 Å². The molecule has 2 rings (SSSR count). The molecule has 2 aromatic heterocycles. The van der Waals surface area contributed by atoms with Crippen LogP contribution in [-0.4, -0.2) is 20.9 Å². The van der Waals surface area contributed by atoms with Gasteiger partial charge in [-0.2, -0.15) is 0 Å². The van der Waals surface area contributed by atoms with Crippen LogP contribution in [0, 0.1) is 6.92 Å². The van der Waals surface area contributed by atoms with Crippen molar-refractivity contribution in [3.05, 3.63) is 44.4 Å². The Balaban J connectivity index is 2.28. The number of rotatable bonds is 2. The molecule has 98 valence electrons. The predicted octanol–water partition coefficient (Wildman–Crippen LogP) is 3.50. The number of aryl methyl sites for hydroxylation is 1. The molecule has 0 aliphatic heterocycles. The summed E-state index contributed by atoms with van der Waals surface area (Å²) < 4.78 is 0.644. The number of pyridine rings is 1. The van der Waals surface area contributed by atoms with Crippen molar-refractivity contribution in [3.63, 3.8) is 0 Å². The molecule has 5 nitrogen and oxygen atoms in total. The third-order valence-electron chi connectivity index (χ3n) is 2.10. The van der Waals surface area contributed by atoms with E-state index in [1.807, 2.05) is 0 Å². The summed E-state index contributed by atoms with van der Waals surface area (Å²) >= 11 is 14.9. The van der Waals surface area contributed by atoms with Crippen LogP contribution in [0.25, 0.3) is 0 Å². The van der Waals surface area contributed by atoms with Gasteiger partial charge < -0.3 is 0 Å². The van der Waals surface area contributed by atoms with Gasteiger partial charge in [0.05, 0.1) is 5.56 Å². The lowest BCUT2D eigenvalue weighted by molar-refractivity contribution is 0.102. The first-order chi connectivity index (χ1) is 8.95. The molecule has 0 saturated carbocycles. The van der Waals surface area contributed by atoms with Gasteiger partial charge in [-0.15, -0.1) is 0 Å². The van der Waals surface area contributed by atoms with Gasteiger partial charge in [0.25, 0.3) is 5.91 Å². The number of anilines is 1. The van der Waals surface area contributed by atoms with E-state index in [9.17, 15) is 4.79 Å². The Morgan fingerprint density at radius 3 is 2.74 bits per heavy atom. The SMILES string of the molecule is Cc1cc(Cl)nc(NC(=O)c2cc(Br)cnc2Cl)n1. The van der Waals surface area contributed by atoms with Crippen molar-refractivity contribution in [2.45, 2.75) is 6.92 Å². The van der Waals surface area contributed by atoms with Crippen LogP contribution in [0.5, 0.6) is 0 Å². The molecule has 0 saturated heterocycles. The minimum absolute atomic E-state index is 0.0967. The van der Waals surface area contributed by atoms with Gasteiger partial charge in [0.15, 0.2) is 0 Å². The van der Waals surface area contributed by atoms with Crippen molar-refractivity contribution in [1.82, 2.24) is 15.0 Å². The molecule has 2 aromatic rings. The van der Waals surface area contributed by atoms with E-state index in [4.69, 9.17) is 23.2 Å². The first kappa shape index (κ1) is 14.2. The maximum absolute atomic E-state index is 12.0. The lowest BCUT2D eigenvalue weighted by Crippen LogP contribution is -2.15. The normalized spacial score (nSPS) is 10.3. The summed E-state index contributed by atoms with van der Waals surface area (Å²) in [7, 11) is 0. The maximum atomic E-state index is 12.0. The molecule has 0 radical (unpaired) electrons. The van der Waals surface area contributed by atoms with Crippen molar-refractivity contribution in [3.8, 4) is 0 Å². The second-order valence-electron chi connectivity index (χ2n) is 3.60. The fraction of sp³-hybridized carbons (Fsp3) is 0.0909. The molecule has 0 unspecified atom stereocenters. The molecule has 2 heterocycles. The fourth-order valence-corrected chi connectivity index (χ4v) is 2.10. The number of aromatic nitrogens is 3. The smallest absolute Gasteiger partial charge is 0.261 e. The number of hydrogen-bond donors (Lipinski definition) is 1. The van der Waals surface area contributed by atoms with E-state index < -0.39 is 5.91 Å². The highest BCUT2D eigenvalue weighted by molar-refractivity contribution is 9.10. The van der Waals surface area contributed by atoms with Crippen LogP contribution in [0.2, 0.25) is 10.3 Å². The molecule has 0 bridgehead atoms. The summed E-state index contributed by atoms with van der Waals surface area (Å²) in [6, 6.07) is 3.15. The molecule has 1 N–H and O–H groups in total. The van der Waals surface area contributed by atoms with E-state index in [2.05, 4.69) is 36.2 Å². The summed E-state index contributed by atoms with van der Waals surface area (Å²) in [5.41, 5.74) is 0.867. The van der Waals surface area contributed by atoms with E-state index in [0.29, 0.717) is 10.2 Å². The van der Waals surface area contributed by atoms with Gasteiger partial charge in [0.1, 0.15) is 10.3 Å². The lowest BCUT2D eigenvalue weighted by atomic mass is 10.3. The number of hydrogen-bond acceptors (Lipinski definition) is 4. The van der Waals surface area contributed by atoms with Gasteiger partial charge in [-0.1, -0.05) is 23.2 Å². The zero-order valence-corrected chi connectivity index (χ0v) is 12.7. The Hall–Kier alpha value is -1.24. The van der Waals surface area contributed by atoms with Gasteiger partial charge >= 0.3 is 0 Å². The topological polar surface area (TPSA) is 67.8 Å². The van der Waals surface area contributed by atoms with Gasteiger partial charge in [0.2, 0.25) is 5.95 Å². The monoisotopic (exact) mass is 360 g/mol. The number of halogens is 3. The number of nitrogens with zero attached hydrogens (tertiary/aromatic N) is 3. The van der Waals surface area contributed by atoms with Gasteiger partial charge in [-0.25, -0.2) is 15.0 Å². The van der Waals surface area contributed by atoms with Crippen molar-refractivity contribution in [2.75, 3.05) is 5.32 Å². The summed E-state index contributed by atoms with van der Waals surface area (Å²) in [5.74, 6) is -0.341. The minimum atomic E-state index is -0.458. The predicted molar refractivity (Wildman–Crippen MR) is 76.7 cm³/mol. The Bertz CT molecular complexity index is 630. The van der Waals surface area contributed by atoms with Crippen LogP contribution in [0.3, 0.4) is 0 Å². The number of carbonyl (C=O) groups is 1. The molecule has 0 spiro atoms. The molecule has 0 aromatic carbocycles. The van der Waals surface area contributed by atoms with Gasteiger partial charge in [-0.05, 0) is 35.0 Å². The van der Waals surface area contributed by atoms with Crippen molar-refractivity contribution in [1.29, 1.82) is 0 Å². The highest BCUT2D eigenvalue weighted by Crippen LogP contribution is 2.19. The second-order valence-corrected chi connectivity index (χ2v) is 5.26. The Kier molecular flexibility index (Phi) is 4.34. The number of nitrogens with one attached hydrogen (secondary N) is 1. The third kappa shape index (κ3) is 3.62. The molecular formula is C11H7BrCl2N4O. The zero-order chi connectivity index (χ0) is 14.0. The quantitative estimate of drug-likeness (QED) is 0.656. The highest BCUT2D eigenvalue weighted by atomic mass is 79.9. The van der Waals surface area contributed by atoms with E-state index >= 15 is 0 Å². The fourth-order valence-electron chi connectivity index (χ4n) is 1.34. The van der Waals surface area contributed by atoms with E-state index in [1.54, 1.807) is 19.1 Å². The number of amides is 1. The number of carbonyl (C=O) groups excluding carboxylic acids is 1.